The molecule has 0 radical (unpaired) electrons. The molecule has 0 aliphatic carbocycles. The van der Waals surface area contributed by atoms with Crippen molar-refractivity contribution in [2.45, 2.75) is 24.5 Å². The van der Waals surface area contributed by atoms with Crippen LogP contribution in [0.5, 0.6) is 5.75 Å². The predicted molar refractivity (Wildman–Crippen MR) is 54.2 cm³/mol. The molecule has 13 heavy (non-hydrogen) atoms. The molecule has 0 aromatic carbocycles. The van der Waals surface area contributed by atoms with Gasteiger partial charge >= 0.3 is 0 Å². The fourth-order valence-corrected chi connectivity index (χ4v) is 2.65. The predicted octanol–water partition coefficient (Wildman–Crippen LogP) is 2.07. The van der Waals surface area contributed by atoms with E-state index in [1.54, 1.807) is 12.4 Å². The van der Waals surface area contributed by atoms with Crippen molar-refractivity contribution in [1.29, 1.82) is 0 Å². The summed E-state index contributed by atoms with van der Waals surface area (Å²) in [6, 6.07) is 0. The van der Waals surface area contributed by atoms with E-state index in [2.05, 4.69) is 10.2 Å². The highest BCUT2D eigenvalue weighted by molar-refractivity contribution is 7.99. The summed E-state index contributed by atoms with van der Waals surface area (Å²) in [6.07, 6.45) is 7.52. The largest absolute Gasteiger partial charge is 0.489 e. The highest BCUT2D eigenvalue weighted by Crippen LogP contribution is 2.25. The topological polar surface area (TPSA) is 37.9 Å². The normalized spacial score (nSPS) is 22.9. The fraction of sp³-hybridized carbons (Fsp3) is 0.667. The van der Waals surface area contributed by atoms with E-state index >= 15 is 0 Å². The number of nitrogens with zero attached hydrogens (tertiary/aromatic N) is 1. The van der Waals surface area contributed by atoms with Crippen LogP contribution in [0, 0.1) is 0 Å². The first-order chi connectivity index (χ1) is 6.45. The Balaban J connectivity index is 1.72. The summed E-state index contributed by atoms with van der Waals surface area (Å²) in [7, 11) is 0. The van der Waals surface area contributed by atoms with Crippen LogP contribution in [-0.2, 0) is 0 Å². The molecule has 1 aliphatic heterocycles. The first-order valence-corrected chi connectivity index (χ1v) is 5.73. The van der Waals surface area contributed by atoms with Crippen molar-refractivity contribution in [1.82, 2.24) is 10.2 Å². The zero-order valence-electron chi connectivity index (χ0n) is 7.53. The molecule has 1 unspecified atom stereocenters. The van der Waals surface area contributed by atoms with Crippen LogP contribution >= 0.6 is 11.8 Å². The minimum atomic E-state index is 0.684. The number of nitrogens with one attached hydrogen (secondary N) is 1. The molecular weight excluding hydrogens is 184 g/mol. The molecule has 4 heteroatoms. The molecule has 2 rings (SSSR count). The van der Waals surface area contributed by atoms with Gasteiger partial charge in [0.15, 0.2) is 5.75 Å². The van der Waals surface area contributed by atoms with Crippen LogP contribution in [0.1, 0.15) is 19.3 Å². The number of H-pyrrole nitrogens is 1. The average molecular weight is 198 g/mol. The quantitative estimate of drug-likeness (QED) is 0.808. The van der Waals surface area contributed by atoms with Gasteiger partial charge in [0.25, 0.3) is 0 Å². The van der Waals surface area contributed by atoms with E-state index in [-0.39, 0.29) is 0 Å². The van der Waals surface area contributed by atoms with Crippen LogP contribution in [0.2, 0.25) is 0 Å². The molecule has 0 spiro atoms. The highest BCUT2D eigenvalue weighted by atomic mass is 32.2. The number of hydrogen-bond acceptors (Lipinski definition) is 3. The molecule has 0 saturated carbocycles. The third-order valence-corrected chi connectivity index (χ3v) is 3.55. The van der Waals surface area contributed by atoms with Crippen LogP contribution in [0.3, 0.4) is 0 Å². The Hall–Kier alpha value is -0.640. The SMILES string of the molecule is c1n[nH]cc1OCC1CCCCS1. The molecule has 1 atom stereocenters. The first-order valence-electron chi connectivity index (χ1n) is 4.68. The van der Waals surface area contributed by atoms with Gasteiger partial charge < -0.3 is 4.74 Å². The second-order valence-electron chi connectivity index (χ2n) is 3.23. The second-order valence-corrected chi connectivity index (χ2v) is 4.64. The third kappa shape index (κ3) is 2.66. The summed E-state index contributed by atoms with van der Waals surface area (Å²) in [6.45, 7) is 0.824. The van der Waals surface area contributed by atoms with Crippen molar-refractivity contribution in [2.75, 3.05) is 12.4 Å². The van der Waals surface area contributed by atoms with Gasteiger partial charge in [0, 0.05) is 5.25 Å². The minimum Gasteiger partial charge on any atom is -0.489 e. The van der Waals surface area contributed by atoms with Gasteiger partial charge in [0.2, 0.25) is 0 Å². The van der Waals surface area contributed by atoms with E-state index in [4.69, 9.17) is 4.74 Å². The maximum Gasteiger partial charge on any atom is 0.156 e. The van der Waals surface area contributed by atoms with E-state index in [1.165, 1.54) is 25.0 Å². The molecule has 3 nitrogen and oxygen atoms in total. The van der Waals surface area contributed by atoms with Crippen LogP contribution in [0.15, 0.2) is 12.4 Å². The standard InChI is InChI=1S/C9H14N2OS/c1-2-4-13-9(3-1)7-12-8-5-10-11-6-8/h5-6,9H,1-4,7H2,(H,10,11). The Bertz CT molecular complexity index is 232. The third-order valence-electron chi connectivity index (χ3n) is 2.18. The monoisotopic (exact) mass is 198 g/mol. The van der Waals surface area contributed by atoms with Crippen LogP contribution < -0.4 is 4.74 Å². The zero-order chi connectivity index (χ0) is 8.93. The summed E-state index contributed by atoms with van der Waals surface area (Å²) in [4.78, 5) is 0. The summed E-state index contributed by atoms with van der Waals surface area (Å²) >= 11 is 2.03. The molecule has 1 aromatic heterocycles. The maximum atomic E-state index is 5.57. The first kappa shape index (κ1) is 8.94. The summed E-state index contributed by atoms with van der Waals surface area (Å²) in [5.74, 6) is 2.14. The summed E-state index contributed by atoms with van der Waals surface area (Å²) in [5, 5.41) is 7.25. The number of hydrogen-bond donors (Lipinski definition) is 1. The molecule has 72 valence electrons. The molecule has 1 saturated heterocycles. The van der Waals surface area contributed by atoms with Gasteiger partial charge in [-0.15, -0.1) is 0 Å². The van der Waals surface area contributed by atoms with Crippen LogP contribution in [0.4, 0.5) is 0 Å². The maximum absolute atomic E-state index is 5.57. The van der Waals surface area contributed by atoms with Crippen molar-refractivity contribution in [2.24, 2.45) is 0 Å². The van der Waals surface area contributed by atoms with Gasteiger partial charge in [-0.3, -0.25) is 5.10 Å². The molecule has 1 aromatic rings. The molecule has 1 fully saturated rings. The lowest BCUT2D eigenvalue weighted by atomic mass is 10.2. The molecule has 1 N–H and O–H groups in total. The summed E-state index contributed by atoms with van der Waals surface area (Å²) < 4.78 is 5.57. The van der Waals surface area contributed by atoms with Crippen molar-refractivity contribution in [3.8, 4) is 5.75 Å². The van der Waals surface area contributed by atoms with Crippen molar-refractivity contribution in [3.63, 3.8) is 0 Å². The lowest BCUT2D eigenvalue weighted by Crippen LogP contribution is -2.18. The number of aromatic amines is 1. The highest BCUT2D eigenvalue weighted by Gasteiger charge is 2.14. The Kier molecular flexibility index (Phi) is 3.13. The zero-order valence-corrected chi connectivity index (χ0v) is 8.35. The van der Waals surface area contributed by atoms with Gasteiger partial charge in [0.05, 0.1) is 12.4 Å². The van der Waals surface area contributed by atoms with E-state index < -0.39 is 0 Å². The molecule has 1 aliphatic rings. The summed E-state index contributed by atoms with van der Waals surface area (Å²) in [5.41, 5.74) is 0. The van der Waals surface area contributed by atoms with Gasteiger partial charge in [-0.2, -0.15) is 16.9 Å². The van der Waals surface area contributed by atoms with Crippen molar-refractivity contribution < 1.29 is 4.74 Å². The van der Waals surface area contributed by atoms with Crippen molar-refractivity contribution in [3.05, 3.63) is 12.4 Å². The number of rotatable bonds is 3. The average Bonchev–Trinajstić information content (AvgIpc) is 2.69. The lowest BCUT2D eigenvalue weighted by Gasteiger charge is -2.20. The molecule has 0 bridgehead atoms. The molecule has 0 amide bonds. The van der Waals surface area contributed by atoms with E-state index in [1.807, 2.05) is 11.8 Å². The molecular formula is C9H14N2OS. The number of thioether (sulfide) groups is 1. The van der Waals surface area contributed by atoms with Gasteiger partial charge in [-0.25, -0.2) is 0 Å². The second kappa shape index (κ2) is 4.56. The Morgan fingerprint density at radius 2 is 2.62 bits per heavy atom. The van der Waals surface area contributed by atoms with Crippen LogP contribution in [0.25, 0.3) is 0 Å². The van der Waals surface area contributed by atoms with Crippen LogP contribution in [-0.4, -0.2) is 27.8 Å². The Morgan fingerprint density at radius 1 is 1.62 bits per heavy atom. The van der Waals surface area contributed by atoms with Gasteiger partial charge in [0.1, 0.15) is 6.61 Å². The van der Waals surface area contributed by atoms with E-state index in [9.17, 15) is 0 Å². The van der Waals surface area contributed by atoms with Gasteiger partial charge in [-0.05, 0) is 18.6 Å². The Labute approximate surface area is 82.2 Å². The lowest BCUT2D eigenvalue weighted by molar-refractivity contribution is 0.309. The van der Waals surface area contributed by atoms with E-state index in [0.29, 0.717) is 5.25 Å². The molecule has 2 heterocycles. The smallest absolute Gasteiger partial charge is 0.156 e. The van der Waals surface area contributed by atoms with E-state index in [0.717, 1.165) is 12.4 Å². The Morgan fingerprint density at radius 3 is 3.31 bits per heavy atom. The van der Waals surface area contributed by atoms with Gasteiger partial charge in [-0.1, -0.05) is 6.42 Å². The number of aromatic nitrogens is 2. The minimum absolute atomic E-state index is 0.684. The van der Waals surface area contributed by atoms with Crippen molar-refractivity contribution >= 4 is 11.8 Å². The number of ether oxygens (including phenoxy) is 1. The fourth-order valence-electron chi connectivity index (χ4n) is 1.45.